The molecule has 2 N–H and O–H groups in total. The van der Waals surface area contributed by atoms with Crippen molar-refractivity contribution in [2.75, 3.05) is 26.2 Å². The van der Waals surface area contributed by atoms with Crippen LogP contribution in [0.15, 0.2) is 0 Å². The molecule has 2 atom stereocenters. The van der Waals surface area contributed by atoms with Crippen LogP contribution in [0.3, 0.4) is 0 Å². The molecular weight excluding hydrogens is 200 g/mol. The Bertz CT molecular complexity index is 184. The second-order valence-electron chi connectivity index (χ2n) is 5.34. The lowest BCUT2D eigenvalue weighted by atomic mass is 9.99. The van der Waals surface area contributed by atoms with Crippen molar-refractivity contribution in [1.29, 1.82) is 0 Å². The lowest BCUT2D eigenvalue weighted by Gasteiger charge is -2.31. The van der Waals surface area contributed by atoms with Gasteiger partial charge < -0.3 is 15.3 Å². The van der Waals surface area contributed by atoms with E-state index in [4.69, 9.17) is 0 Å². The lowest BCUT2D eigenvalue weighted by Crippen LogP contribution is -2.48. The number of piperidine rings is 1. The summed E-state index contributed by atoms with van der Waals surface area (Å²) in [5.74, 6) is 0. The summed E-state index contributed by atoms with van der Waals surface area (Å²) in [6, 6.07) is 0.344. The van der Waals surface area contributed by atoms with E-state index in [0.717, 1.165) is 19.5 Å². The third-order valence-electron chi connectivity index (χ3n) is 3.96. The molecule has 2 heterocycles. The van der Waals surface area contributed by atoms with E-state index >= 15 is 0 Å². The highest BCUT2D eigenvalue weighted by Crippen LogP contribution is 2.14. The molecule has 0 aliphatic carbocycles. The van der Waals surface area contributed by atoms with Gasteiger partial charge in [-0.15, -0.1) is 0 Å². The summed E-state index contributed by atoms with van der Waals surface area (Å²) >= 11 is 0. The van der Waals surface area contributed by atoms with E-state index in [0.29, 0.717) is 6.04 Å². The van der Waals surface area contributed by atoms with Gasteiger partial charge >= 0.3 is 0 Å². The van der Waals surface area contributed by atoms with Crippen LogP contribution in [0, 0.1) is 0 Å². The molecule has 0 aromatic carbocycles. The Morgan fingerprint density at radius 3 is 2.44 bits per heavy atom. The maximum atomic E-state index is 10.2. The van der Waals surface area contributed by atoms with Gasteiger partial charge in [-0.05, 0) is 45.3 Å². The molecular formula is C13H26N2O. The van der Waals surface area contributed by atoms with Crippen LogP contribution in [0.1, 0.15) is 44.9 Å². The van der Waals surface area contributed by atoms with E-state index in [1.54, 1.807) is 0 Å². The van der Waals surface area contributed by atoms with Crippen LogP contribution in [0.2, 0.25) is 0 Å². The first-order valence-electron chi connectivity index (χ1n) is 7.00. The highest BCUT2D eigenvalue weighted by atomic mass is 16.3. The molecule has 0 aromatic heterocycles. The van der Waals surface area contributed by atoms with Gasteiger partial charge in [0.2, 0.25) is 0 Å². The van der Waals surface area contributed by atoms with Gasteiger partial charge in [-0.1, -0.05) is 19.3 Å². The SMILES string of the molecule is OC(CN1CCCCCC1)C1CCCCN1. The van der Waals surface area contributed by atoms with Crippen LogP contribution in [0.25, 0.3) is 0 Å². The van der Waals surface area contributed by atoms with Crippen LogP contribution < -0.4 is 5.32 Å². The summed E-state index contributed by atoms with van der Waals surface area (Å²) in [6.45, 7) is 4.33. The third-order valence-corrected chi connectivity index (χ3v) is 3.96. The fraction of sp³-hybridized carbons (Fsp3) is 1.00. The predicted molar refractivity (Wildman–Crippen MR) is 66.6 cm³/mol. The quantitative estimate of drug-likeness (QED) is 0.763. The minimum absolute atomic E-state index is 0.168. The average Bonchev–Trinajstić information content (AvgIpc) is 2.59. The minimum Gasteiger partial charge on any atom is -0.390 e. The van der Waals surface area contributed by atoms with Crippen LogP contribution in [-0.4, -0.2) is 48.3 Å². The number of hydrogen-bond donors (Lipinski definition) is 2. The zero-order chi connectivity index (χ0) is 11.2. The largest absolute Gasteiger partial charge is 0.390 e. The van der Waals surface area contributed by atoms with Gasteiger partial charge in [0.15, 0.2) is 0 Å². The Morgan fingerprint density at radius 1 is 1.06 bits per heavy atom. The van der Waals surface area contributed by atoms with Crippen LogP contribution in [0.5, 0.6) is 0 Å². The zero-order valence-electron chi connectivity index (χ0n) is 10.3. The number of nitrogens with one attached hydrogen (secondary N) is 1. The van der Waals surface area contributed by atoms with Crippen molar-refractivity contribution >= 4 is 0 Å². The summed E-state index contributed by atoms with van der Waals surface area (Å²) in [4.78, 5) is 2.45. The molecule has 2 aliphatic heterocycles. The first kappa shape index (κ1) is 12.3. The Hall–Kier alpha value is -0.120. The molecule has 2 saturated heterocycles. The van der Waals surface area contributed by atoms with Crippen LogP contribution in [0.4, 0.5) is 0 Å². The van der Waals surface area contributed by atoms with Crippen molar-refractivity contribution in [1.82, 2.24) is 10.2 Å². The first-order chi connectivity index (χ1) is 7.86. The topological polar surface area (TPSA) is 35.5 Å². The van der Waals surface area contributed by atoms with Gasteiger partial charge in [-0.25, -0.2) is 0 Å². The lowest BCUT2D eigenvalue weighted by molar-refractivity contribution is 0.0710. The minimum atomic E-state index is -0.168. The maximum Gasteiger partial charge on any atom is 0.0819 e. The summed E-state index contributed by atoms with van der Waals surface area (Å²) in [6.07, 6.45) is 8.88. The van der Waals surface area contributed by atoms with Crippen molar-refractivity contribution in [3.05, 3.63) is 0 Å². The van der Waals surface area contributed by atoms with Crippen molar-refractivity contribution < 1.29 is 5.11 Å². The molecule has 2 fully saturated rings. The van der Waals surface area contributed by atoms with Gasteiger partial charge in [-0.3, -0.25) is 0 Å². The van der Waals surface area contributed by atoms with Gasteiger partial charge in [0.25, 0.3) is 0 Å². The van der Waals surface area contributed by atoms with Crippen molar-refractivity contribution in [2.45, 2.75) is 57.1 Å². The molecule has 0 amide bonds. The Kier molecular flexibility index (Phi) is 5.07. The average molecular weight is 226 g/mol. The van der Waals surface area contributed by atoms with Gasteiger partial charge in [0, 0.05) is 12.6 Å². The Morgan fingerprint density at radius 2 is 1.81 bits per heavy atom. The molecule has 3 nitrogen and oxygen atoms in total. The molecule has 94 valence electrons. The maximum absolute atomic E-state index is 10.2. The number of likely N-dealkylation sites (tertiary alicyclic amines) is 1. The normalized spacial score (nSPS) is 30.9. The standard InChI is InChI=1S/C13H26N2O/c16-13(12-7-3-4-8-14-12)11-15-9-5-1-2-6-10-15/h12-14,16H,1-11H2. The van der Waals surface area contributed by atoms with E-state index in [1.165, 1.54) is 51.6 Å². The Labute approximate surface area is 99.2 Å². The van der Waals surface area contributed by atoms with Gasteiger partial charge in [0.05, 0.1) is 6.10 Å². The monoisotopic (exact) mass is 226 g/mol. The fourth-order valence-electron chi connectivity index (χ4n) is 2.92. The Balaban J connectivity index is 1.73. The van der Waals surface area contributed by atoms with E-state index in [-0.39, 0.29) is 6.10 Å². The molecule has 16 heavy (non-hydrogen) atoms. The highest BCUT2D eigenvalue weighted by Gasteiger charge is 2.23. The van der Waals surface area contributed by atoms with E-state index in [9.17, 15) is 5.11 Å². The number of aliphatic hydroxyl groups excluding tert-OH is 1. The van der Waals surface area contributed by atoms with Crippen LogP contribution >= 0.6 is 0 Å². The number of hydrogen-bond acceptors (Lipinski definition) is 3. The predicted octanol–water partition coefficient (Wildman–Crippen LogP) is 1.37. The molecule has 3 heteroatoms. The molecule has 0 spiro atoms. The van der Waals surface area contributed by atoms with Crippen molar-refractivity contribution in [2.24, 2.45) is 0 Å². The molecule has 2 aliphatic rings. The van der Waals surface area contributed by atoms with Gasteiger partial charge in [-0.2, -0.15) is 0 Å². The summed E-state index contributed by atoms with van der Waals surface area (Å²) in [7, 11) is 0. The zero-order valence-corrected chi connectivity index (χ0v) is 10.3. The third kappa shape index (κ3) is 3.72. The summed E-state index contributed by atoms with van der Waals surface area (Å²) in [5.41, 5.74) is 0. The molecule has 0 radical (unpaired) electrons. The second-order valence-corrected chi connectivity index (χ2v) is 5.34. The summed E-state index contributed by atoms with van der Waals surface area (Å²) in [5, 5.41) is 13.7. The van der Waals surface area contributed by atoms with Crippen molar-refractivity contribution in [3.63, 3.8) is 0 Å². The molecule has 0 saturated carbocycles. The smallest absolute Gasteiger partial charge is 0.0819 e. The van der Waals surface area contributed by atoms with E-state index < -0.39 is 0 Å². The number of rotatable bonds is 3. The van der Waals surface area contributed by atoms with E-state index in [1.807, 2.05) is 0 Å². The molecule has 2 rings (SSSR count). The molecule has 0 aromatic rings. The van der Waals surface area contributed by atoms with E-state index in [2.05, 4.69) is 10.2 Å². The second kappa shape index (κ2) is 6.58. The summed E-state index contributed by atoms with van der Waals surface area (Å²) < 4.78 is 0. The first-order valence-corrected chi connectivity index (χ1v) is 7.00. The number of aliphatic hydroxyl groups is 1. The fourth-order valence-corrected chi connectivity index (χ4v) is 2.92. The highest BCUT2D eigenvalue weighted by molar-refractivity contribution is 4.82. The molecule has 0 bridgehead atoms. The van der Waals surface area contributed by atoms with Crippen LogP contribution in [-0.2, 0) is 0 Å². The molecule has 2 unspecified atom stereocenters. The van der Waals surface area contributed by atoms with Crippen molar-refractivity contribution in [3.8, 4) is 0 Å². The number of nitrogens with zero attached hydrogens (tertiary/aromatic N) is 1. The van der Waals surface area contributed by atoms with Gasteiger partial charge in [0.1, 0.15) is 0 Å². The number of β-amino-alcohol motifs (C(OH)–C–C–N with tert-alkyl or cyclic N) is 1.